The highest BCUT2D eigenvalue weighted by Gasteiger charge is 2.24. The van der Waals surface area contributed by atoms with Crippen molar-refractivity contribution in [1.29, 1.82) is 0 Å². The molecule has 0 bridgehead atoms. The van der Waals surface area contributed by atoms with Gasteiger partial charge in [0.15, 0.2) is 0 Å². The van der Waals surface area contributed by atoms with Gasteiger partial charge in [0.05, 0.1) is 19.8 Å². The summed E-state index contributed by atoms with van der Waals surface area (Å²) in [6, 6.07) is 0.419. The van der Waals surface area contributed by atoms with E-state index >= 15 is 0 Å². The van der Waals surface area contributed by atoms with E-state index in [0.717, 1.165) is 45.2 Å². The second-order valence-corrected chi connectivity index (χ2v) is 5.51. The monoisotopic (exact) mass is 267 g/mol. The highest BCUT2D eigenvalue weighted by Crippen LogP contribution is 2.11. The van der Waals surface area contributed by atoms with Gasteiger partial charge in [-0.25, -0.2) is 9.67 Å². The van der Waals surface area contributed by atoms with E-state index < -0.39 is 0 Å². The molecule has 1 aromatic heterocycles. The summed E-state index contributed by atoms with van der Waals surface area (Å²) in [5.74, 6) is 1.63. The molecule has 0 aromatic carbocycles. The summed E-state index contributed by atoms with van der Waals surface area (Å²) in [5.41, 5.74) is 0. The van der Waals surface area contributed by atoms with E-state index in [2.05, 4.69) is 34.1 Å². The fraction of sp³-hybridized carbons (Fsp3) is 0.846. The van der Waals surface area contributed by atoms with Gasteiger partial charge in [0.2, 0.25) is 0 Å². The quantitative estimate of drug-likeness (QED) is 0.806. The molecule has 0 aliphatic carbocycles. The molecule has 0 amide bonds. The van der Waals surface area contributed by atoms with Gasteiger partial charge in [-0.15, -0.1) is 0 Å². The SMILES string of the molecule is CNCC1COCCN1Cc1ncnn1CC(C)C. The van der Waals surface area contributed by atoms with Crippen molar-refractivity contribution >= 4 is 0 Å². The molecule has 1 fully saturated rings. The van der Waals surface area contributed by atoms with E-state index in [1.165, 1.54) is 0 Å². The fourth-order valence-electron chi connectivity index (χ4n) is 2.41. The van der Waals surface area contributed by atoms with Crippen molar-refractivity contribution in [2.24, 2.45) is 5.92 Å². The molecule has 2 heterocycles. The van der Waals surface area contributed by atoms with Gasteiger partial charge >= 0.3 is 0 Å². The molecule has 1 N–H and O–H groups in total. The Morgan fingerprint density at radius 2 is 2.37 bits per heavy atom. The first kappa shape index (κ1) is 14.4. The van der Waals surface area contributed by atoms with Crippen LogP contribution in [0, 0.1) is 5.92 Å². The lowest BCUT2D eigenvalue weighted by molar-refractivity contribution is -0.0120. The number of aromatic nitrogens is 3. The molecule has 6 heteroatoms. The van der Waals surface area contributed by atoms with Crippen molar-refractivity contribution in [2.45, 2.75) is 33.0 Å². The van der Waals surface area contributed by atoms with Gasteiger partial charge in [-0.1, -0.05) is 13.8 Å². The smallest absolute Gasteiger partial charge is 0.141 e. The van der Waals surface area contributed by atoms with Gasteiger partial charge in [0.25, 0.3) is 0 Å². The van der Waals surface area contributed by atoms with Crippen molar-refractivity contribution in [1.82, 2.24) is 25.0 Å². The maximum Gasteiger partial charge on any atom is 0.141 e. The van der Waals surface area contributed by atoms with Gasteiger partial charge in [-0.3, -0.25) is 4.90 Å². The summed E-state index contributed by atoms with van der Waals surface area (Å²) in [5, 5.41) is 7.55. The number of morpholine rings is 1. The molecule has 19 heavy (non-hydrogen) atoms. The second-order valence-electron chi connectivity index (χ2n) is 5.51. The average Bonchev–Trinajstić information content (AvgIpc) is 2.79. The summed E-state index contributed by atoms with van der Waals surface area (Å²) < 4.78 is 7.58. The zero-order valence-electron chi connectivity index (χ0n) is 12.2. The molecule has 0 saturated carbocycles. The summed E-state index contributed by atoms with van der Waals surface area (Å²) in [6.07, 6.45) is 1.66. The summed E-state index contributed by atoms with van der Waals surface area (Å²) >= 11 is 0. The molecule has 0 spiro atoms. The van der Waals surface area contributed by atoms with Crippen molar-refractivity contribution in [3.63, 3.8) is 0 Å². The van der Waals surface area contributed by atoms with Crippen LogP contribution in [0.1, 0.15) is 19.7 Å². The normalized spacial score (nSPS) is 21.2. The largest absolute Gasteiger partial charge is 0.378 e. The number of hydrogen-bond donors (Lipinski definition) is 1. The number of rotatable bonds is 6. The first-order valence-electron chi connectivity index (χ1n) is 7.03. The predicted molar refractivity (Wildman–Crippen MR) is 73.8 cm³/mol. The van der Waals surface area contributed by atoms with E-state index in [1.807, 2.05) is 11.7 Å². The minimum absolute atomic E-state index is 0.419. The van der Waals surface area contributed by atoms with E-state index in [0.29, 0.717) is 12.0 Å². The van der Waals surface area contributed by atoms with Crippen molar-refractivity contribution in [3.8, 4) is 0 Å². The summed E-state index contributed by atoms with van der Waals surface area (Å²) in [6.45, 7) is 9.67. The molecule has 1 saturated heterocycles. The average molecular weight is 267 g/mol. The number of nitrogens with one attached hydrogen (secondary N) is 1. The summed E-state index contributed by atoms with van der Waals surface area (Å²) in [7, 11) is 1.98. The Kier molecular flexibility index (Phi) is 5.30. The van der Waals surface area contributed by atoms with Gasteiger partial charge < -0.3 is 10.1 Å². The van der Waals surface area contributed by atoms with Crippen molar-refractivity contribution < 1.29 is 4.74 Å². The van der Waals surface area contributed by atoms with Gasteiger partial charge in [0, 0.05) is 25.7 Å². The molecule has 6 nitrogen and oxygen atoms in total. The molecule has 0 radical (unpaired) electrons. The fourth-order valence-corrected chi connectivity index (χ4v) is 2.41. The van der Waals surface area contributed by atoms with Gasteiger partial charge in [-0.2, -0.15) is 5.10 Å². The van der Waals surface area contributed by atoms with Crippen LogP contribution < -0.4 is 5.32 Å². The number of hydrogen-bond acceptors (Lipinski definition) is 5. The lowest BCUT2D eigenvalue weighted by Gasteiger charge is -2.35. The Labute approximate surface area is 115 Å². The molecule has 1 aliphatic heterocycles. The Morgan fingerprint density at radius 1 is 1.53 bits per heavy atom. The van der Waals surface area contributed by atoms with E-state index in [9.17, 15) is 0 Å². The van der Waals surface area contributed by atoms with Crippen LogP contribution in [0.3, 0.4) is 0 Å². The maximum atomic E-state index is 5.55. The van der Waals surface area contributed by atoms with Crippen LogP contribution >= 0.6 is 0 Å². The predicted octanol–water partition coefficient (Wildman–Crippen LogP) is 0.354. The lowest BCUT2D eigenvalue weighted by Crippen LogP contribution is -2.49. The highest BCUT2D eigenvalue weighted by molar-refractivity contribution is 4.88. The van der Waals surface area contributed by atoms with Crippen LogP contribution in [0.4, 0.5) is 0 Å². The standard InChI is InChI=1S/C13H25N5O/c1-11(2)7-18-13(15-10-16-18)8-17-4-5-19-9-12(17)6-14-3/h10-12,14H,4-9H2,1-3H3. The maximum absolute atomic E-state index is 5.55. The van der Waals surface area contributed by atoms with Crippen LogP contribution in [0.15, 0.2) is 6.33 Å². The van der Waals surface area contributed by atoms with Crippen LogP contribution in [0.5, 0.6) is 0 Å². The summed E-state index contributed by atoms with van der Waals surface area (Å²) in [4.78, 5) is 6.84. The third-order valence-corrected chi connectivity index (χ3v) is 3.37. The third-order valence-electron chi connectivity index (χ3n) is 3.37. The number of nitrogens with zero attached hydrogens (tertiary/aromatic N) is 4. The molecule has 1 aliphatic rings. The van der Waals surface area contributed by atoms with Gasteiger partial charge in [-0.05, 0) is 13.0 Å². The Morgan fingerprint density at radius 3 is 3.11 bits per heavy atom. The third kappa shape index (κ3) is 3.99. The first-order chi connectivity index (χ1) is 9.20. The Hall–Kier alpha value is -0.980. The zero-order valence-corrected chi connectivity index (χ0v) is 12.2. The van der Waals surface area contributed by atoms with E-state index in [4.69, 9.17) is 4.74 Å². The molecular weight excluding hydrogens is 242 g/mol. The molecule has 1 atom stereocenters. The highest BCUT2D eigenvalue weighted by atomic mass is 16.5. The van der Waals surface area contributed by atoms with Gasteiger partial charge in [0.1, 0.15) is 12.2 Å². The van der Waals surface area contributed by atoms with Crippen LogP contribution in [0.2, 0.25) is 0 Å². The minimum atomic E-state index is 0.419. The van der Waals surface area contributed by atoms with Crippen molar-refractivity contribution in [3.05, 3.63) is 12.2 Å². The number of ether oxygens (including phenoxy) is 1. The first-order valence-corrected chi connectivity index (χ1v) is 7.03. The Bertz CT molecular complexity index is 377. The molecule has 108 valence electrons. The van der Waals surface area contributed by atoms with E-state index in [-0.39, 0.29) is 0 Å². The van der Waals surface area contributed by atoms with Crippen LogP contribution in [-0.4, -0.2) is 59.1 Å². The lowest BCUT2D eigenvalue weighted by atomic mass is 10.2. The molecule has 1 aromatic rings. The Balaban J connectivity index is 2.00. The zero-order chi connectivity index (χ0) is 13.7. The van der Waals surface area contributed by atoms with Crippen LogP contribution in [0.25, 0.3) is 0 Å². The second kappa shape index (κ2) is 6.98. The minimum Gasteiger partial charge on any atom is -0.378 e. The number of likely N-dealkylation sites (N-methyl/N-ethyl adjacent to an activating group) is 1. The molecule has 2 rings (SSSR count). The topological polar surface area (TPSA) is 55.2 Å². The van der Waals surface area contributed by atoms with E-state index in [1.54, 1.807) is 6.33 Å². The van der Waals surface area contributed by atoms with Crippen LogP contribution in [-0.2, 0) is 17.8 Å². The molecular formula is C13H25N5O. The molecule has 1 unspecified atom stereocenters. The van der Waals surface area contributed by atoms with Crippen molar-refractivity contribution in [2.75, 3.05) is 33.4 Å².